The van der Waals surface area contributed by atoms with Crippen molar-refractivity contribution in [3.05, 3.63) is 30.1 Å². The first kappa shape index (κ1) is 18.1. The van der Waals surface area contributed by atoms with Crippen LogP contribution in [-0.2, 0) is 9.53 Å². The van der Waals surface area contributed by atoms with Gasteiger partial charge in [0, 0.05) is 31.6 Å². The largest absolute Gasteiger partial charge is 0.488 e. The molecule has 1 aromatic rings. The molecule has 0 unspecified atom stereocenters. The summed E-state index contributed by atoms with van der Waals surface area (Å²) in [6.07, 6.45) is 0.399. The zero-order valence-electron chi connectivity index (χ0n) is 14.2. The lowest BCUT2D eigenvalue weighted by Gasteiger charge is -2.26. The lowest BCUT2D eigenvalue weighted by atomic mass is 10.1. The summed E-state index contributed by atoms with van der Waals surface area (Å²) in [6.45, 7) is 3.64. The summed E-state index contributed by atoms with van der Waals surface area (Å²) < 4.78 is 24.2. The fourth-order valence-corrected chi connectivity index (χ4v) is 3.35. The van der Waals surface area contributed by atoms with Crippen LogP contribution in [0.3, 0.4) is 0 Å². The molecule has 0 spiro atoms. The molecule has 1 aliphatic carbocycles. The third kappa shape index (κ3) is 5.14. The predicted molar refractivity (Wildman–Crippen MR) is 89.8 cm³/mol. The Balaban J connectivity index is 1.42. The van der Waals surface area contributed by atoms with Crippen LogP contribution in [0.15, 0.2) is 24.3 Å². The van der Waals surface area contributed by atoms with Crippen molar-refractivity contribution in [1.82, 2.24) is 10.2 Å². The number of benzene rings is 1. The van der Waals surface area contributed by atoms with Crippen molar-refractivity contribution in [3.8, 4) is 5.75 Å². The molecule has 1 aromatic carbocycles. The van der Waals surface area contributed by atoms with Gasteiger partial charge in [0.25, 0.3) is 0 Å². The molecule has 2 fully saturated rings. The minimum atomic E-state index is -0.674. The summed E-state index contributed by atoms with van der Waals surface area (Å²) in [6, 6.07) is 5.91. The number of hydrogen-bond acceptors (Lipinski definition) is 5. The number of ether oxygens (including phenoxy) is 2. The van der Waals surface area contributed by atoms with Crippen LogP contribution in [0.1, 0.15) is 12.8 Å². The number of aliphatic hydroxyl groups excluding tert-OH is 1. The van der Waals surface area contributed by atoms with Gasteiger partial charge in [-0.3, -0.25) is 9.69 Å². The van der Waals surface area contributed by atoms with E-state index in [1.807, 2.05) is 0 Å². The fraction of sp³-hybridized carbons (Fsp3) is 0.611. The smallest absolute Gasteiger partial charge is 0.234 e. The molecule has 0 aromatic heterocycles. The van der Waals surface area contributed by atoms with Crippen LogP contribution >= 0.6 is 0 Å². The molecular formula is C18H25FN2O4. The Morgan fingerprint density at radius 1 is 1.36 bits per heavy atom. The summed E-state index contributed by atoms with van der Waals surface area (Å²) in [5.41, 5.74) is 0. The van der Waals surface area contributed by atoms with Gasteiger partial charge in [-0.15, -0.1) is 0 Å². The van der Waals surface area contributed by atoms with E-state index in [9.17, 15) is 14.3 Å². The van der Waals surface area contributed by atoms with E-state index < -0.39 is 6.10 Å². The summed E-state index contributed by atoms with van der Waals surface area (Å²) in [5, 5.41) is 13.3. The summed E-state index contributed by atoms with van der Waals surface area (Å²) in [7, 11) is 0. The van der Waals surface area contributed by atoms with Crippen molar-refractivity contribution in [2.24, 2.45) is 5.92 Å². The van der Waals surface area contributed by atoms with Crippen molar-refractivity contribution in [2.45, 2.75) is 25.0 Å². The number of amides is 1. The maximum Gasteiger partial charge on any atom is 0.234 e. The Bertz CT molecular complexity index is 580. The van der Waals surface area contributed by atoms with Gasteiger partial charge in [0.05, 0.1) is 25.9 Å². The van der Waals surface area contributed by atoms with Crippen LogP contribution < -0.4 is 10.1 Å². The lowest BCUT2D eigenvalue weighted by Crippen LogP contribution is -2.45. The highest BCUT2D eigenvalue weighted by Gasteiger charge is 2.36. The van der Waals surface area contributed by atoms with Crippen LogP contribution in [0, 0.1) is 11.7 Å². The standard InChI is InChI=1S/C18H25FN2O4/c19-14-2-1-3-15(10-14)25-16-5-4-13(18(16)23)11-20-17(22)12-21-6-8-24-9-7-21/h1-3,10,13,16,18,23H,4-9,11-12H2,(H,20,22)/t13-,16-,18-/m1/s1. The molecule has 7 heteroatoms. The molecule has 0 radical (unpaired) electrons. The second kappa shape index (κ2) is 8.60. The molecule has 2 N–H and O–H groups in total. The summed E-state index contributed by atoms with van der Waals surface area (Å²) >= 11 is 0. The number of nitrogens with one attached hydrogen (secondary N) is 1. The van der Waals surface area contributed by atoms with Crippen LogP contribution in [0.2, 0.25) is 0 Å². The number of rotatable bonds is 6. The van der Waals surface area contributed by atoms with Crippen molar-refractivity contribution in [2.75, 3.05) is 39.4 Å². The van der Waals surface area contributed by atoms with Crippen LogP contribution in [0.4, 0.5) is 4.39 Å². The topological polar surface area (TPSA) is 71.0 Å². The average Bonchev–Trinajstić information content (AvgIpc) is 2.94. The second-order valence-corrected chi connectivity index (χ2v) is 6.63. The van der Waals surface area contributed by atoms with E-state index in [2.05, 4.69) is 10.2 Å². The molecule has 138 valence electrons. The van der Waals surface area contributed by atoms with Crippen molar-refractivity contribution < 1.29 is 23.8 Å². The number of morpholine rings is 1. The molecule has 3 atom stereocenters. The van der Waals surface area contributed by atoms with E-state index in [0.29, 0.717) is 38.5 Å². The van der Waals surface area contributed by atoms with Gasteiger partial charge in [-0.1, -0.05) is 6.07 Å². The maximum absolute atomic E-state index is 13.2. The highest BCUT2D eigenvalue weighted by molar-refractivity contribution is 5.78. The van der Waals surface area contributed by atoms with Crippen molar-refractivity contribution in [1.29, 1.82) is 0 Å². The van der Waals surface area contributed by atoms with Gasteiger partial charge in [-0.2, -0.15) is 0 Å². The molecule has 1 amide bonds. The monoisotopic (exact) mass is 352 g/mol. The van der Waals surface area contributed by atoms with E-state index >= 15 is 0 Å². The molecular weight excluding hydrogens is 327 g/mol. The number of carbonyl (C=O) groups excluding carboxylic acids is 1. The number of halogens is 1. The quantitative estimate of drug-likeness (QED) is 0.792. The van der Waals surface area contributed by atoms with Crippen LogP contribution in [0.5, 0.6) is 5.75 Å². The Morgan fingerprint density at radius 3 is 2.92 bits per heavy atom. The molecule has 25 heavy (non-hydrogen) atoms. The highest BCUT2D eigenvalue weighted by atomic mass is 19.1. The van der Waals surface area contributed by atoms with Gasteiger partial charge in [0.2, 0.25) is 5.91 Å². The van der Waals surface area contributed by atoms with Crippen LogP contribution in [0.25, 0.3) is 0 Å². The van der Waals surface area contributed by atoms with Gasteiger partial charge < -0.3 is 19.9 Å². The highest BCUT2D eigenvalue weighted by Crippen LogP contribution is 2.29. The molecule has 1 saturated heterocycles. The van der Waals surface area contributed by atoms with E-state index in [0.717, 1.165) is 19.5 Å². The second-order valence-electron chi connectivity index (χ2n) is 6.63. The van der Waals surface area contributed by atoms with Gasteiger partial charge in [0.1, 0.15) is 17.7 Å². The van der Waals surface area contributed by atoms with Crippen molar-refractivity contribution in [3.63, 3.8) is 0 Å². The predicted octanol–water partition coefficient (Wildman–Crippen LogP) is 0.792. The van der Waals surface area contributed by atoms with E-state index in [1.54, 1.807) is 12.1 Å². The first-order valence-corrected chi connectivity index (χ1v) is 8.79. The average molecular weight is 352 g/mol. The minimum Gasteiger partial charge on any atom is -0.488 e. The maximum atomic E-state index is 13.2. The molecule has 6 nitrogen and oxygen atoms in total. The molecule has 2 aliphatic rings. The molecule has 1 aliphatic heterocycles. The van der Waals surface area contributed by atoms with Gasteiger partial charge in [0.15, 0.2) is 0 Å². The van der Waals surface area contributed by atoms with Gasteiger partial charge >= 0.3 is 0 Å². The third-order valence-corrected chi connectivity index (χ3v) is 4.80. The van der Waals surface area contributed by atoms with E-state index in [4.69, 9.17) is 9.47 Å². The van der Waals surface area contributed by atoms with Crippen molar-refractivity contribution >= 4 is 5.91 Å². The first-order valence-electron chi connectivity index (χ1n) is 8.79. The fourth-order valence-electron chi connectivity index (χ4n) is 3.35. The van der Waals surface area contributed by atoms with Crippen LogP contribution in [-0.4, -0.2) is 67.5 Å². The zero-order valence-corrected chi connectivity index (χ0v) is 14.2. The molecule has 1 heterocycles. The third-order valence-electron chi connectivity index (χ3n) is 4.80. The van der Waals surface area contributed by atoms with Gasteiger partial charge in [-0.25, -0.2) is 4.39 Å². The Morgan fingerprint density at radius 2 is 2.16 bits per heavy atom. The number of nitrogens with zero attached hydrogens (tertiary/aromatic N) is 1. The van der Waals surface area contributed by atoms with Gasteiger partial charge in [-0.05, 0) is 25.0 Å². The van der Waals surface area contributed by atoms with E-state index in [-0.39, 0.29) is 23.7 Å². The Hall–Kier alpha value is -1.70. The summed E-state index contributed by atoms with van der Waals surface area (Å²) in [4.78, 5) is 14.1. The lowest BCUT2D eigenvalue weighted by molar-refractivity contribution is -0.123. The molecule has 3 rings (SSSR count). The first-order chi connectivity index (χ1) is 12.1. The number of aliphatic hydroxyl groups is 1. The SMILES string of the molecule is O=C(CN1CCOCC1)NC[C@H]1CC[C@@H](Oc2cccc(F)c2)[C@@H]1O. The Kier molecular flexibility index (Phi) is 6.23. The zero-order chi connectivity index (χ0) is 17.6. The minimum absolute atomic E-state index is 0.0383. The summed E-state index contributed by atoms with van der Waals surface area (Å²) in [5.74, 6) is -0.0336. The number of carbonyl (C=O) groups is 1. The molecule has 0 bridgehead atoms. The Labute approximate surface area is 146 Å². The normalized spacial score (nSPS) is 27.2. The van der Waals surface area contributed by atoms with E-state index in [1.165, 1.54) is 12.1 Å². The number of hydrogen-bond donors (Lipinski definition) is 2. The molecule has 1 saturated carbocycles.